The molecule has 1 aliphatic rings. The molecule has 0 radical (unpaired) electrons. The number of piperazine rings is 1. The SMILES string of the molecule is CCOC(=O)c1c(C)oc2c1c(CN1CCN(c3ccc(F)cc3)CC1)c(O)c1ccccc12. The van der Waals surface area contributed by atoms with Crippen molar-refractivity contribution in [2.75, 3.05) is 37.7 Å². The van der Waals surface area contributed by atoms with Gasteiger partial charge in [0.05, 0.1) is 6.61 Å². The summed E-state index contributed by atoms with van der Waals surface area (Å²) >= 11 is 0. The number of nitrogens with zero attached hydrogens (tertiary/aromatic N) is 2. The van der Waals surface area contributed by atoms with Gasteiger partial charge in [-0.05, 0) is 38.1 Å². The van der Waals surface area contributed by atoms with Crippen LogP contribution < -0.4 is 4.90 Å². The fourth-order valence-corrected chi connectivity index (χ4v) is 4.83. The van der Waals surface area contributed by atoms with E-state index < -0.39 is 5.97 Å². The minimum Gasteiger partial charge on any atom is -0.507 e. The van der Waals surface area contributed by atoms with E-state index in [0.29, 0.717) is 39.8 Å². The van der Waals surface area contributed by atoms with Crippen LogP contribution >= 0.6 is 0 Å². The molecule has 34 heavy (non-hydrogen) atoms. The maximum absolute atomic E-state index is 13.3. The van der Waals surface area contributed by atoms with Crippen LogP contribution in [0.25, 0.3) is 21.7 Å². The molecule has 0 aliphatic carbocycles. The fraction of sp³-hybridized carbons (Fsp3) is 0.296. The molecule has 0 saturated carbocycles. The first-order valence-electron chi connectivity index (χ1n) is 11.5. The van der Waals surface area contributed by atoms with E-state index in [1.54, 1.807) is 26.0 Å². The van der Waals surface area contributed by atoms with E-state index in [4.69, 9.17) is 9.15 Å². The van der Waals surface area contributed by atoms with Gasteiger partial charge < -0.3 is 19.2 Å². The number of carbonyl (C=O) groups is 1. The Morgan fingerprint density at radius 3 is 2.41 bits per heavy atom. The van der Waals surface area contributed by atoms with Crippen molar-refractivity contribution in [3.05, 3.63) is 71.2 Å². The van der Waals surface area contributed by atoms with Gasteiger partial charge in [-0.15, -0.1) is 0 Å². The summed E-state index contributed by atoms with van der Waals surface area (Å²) in [7, 11) is 0. The highest BCUT2D eigenvalue weighted by Gasteiger charge is 2.28. The number of phenols is 1. The molecule has 2 heterocycles. The number of esters is 1. The van der Waals surface area contributed by atoms with E-state index in [-0.39, 0.29) is 18.2 Å². The fourth-order valence-electron chi connectivity index (χ4n) is 4.83. The second kappa shape index (κ2) is 8.99. The summed E-state index contributed by atoms with van der Waals surface area (Å²) in [6.45, 7) is 7.32. The predicted molar refractivity (Wildman–Crippen MR) is 130 cm³/mol. The molecule has 4 aromatic rings. The molecule has 0 bridgehead atoms. The Morgan fingerprint density at radius 1 is 1.06 bits per heavy atom. The molecule has 5 rings (SSSR count). The number of benzene rings is 3. The molecule has 176 valence electrons. The van der Waals surface area contributed by atoms with Crippen molar-refractivity contribution < 1.29 is 23.4 Å². The summed E-state index contributed by atoms with van der Waals surface area (Å²) in [5.74, 6) is -0.0520. The maximum Gasteiger partial charge on any atom is 0.342 e. The molecule has 1 fully saturated rings. The Labute approximate surface area is 197 Å². The van der Waals surface area contributed by atoms with Crippen LogP contribution in [-0.4, -0.2) is 48.8 Å². The molecular formula is C27H27FN2O4. The monoisotopic (exact) mass is 462 g/mol. The van der Waals surface area contributed by atoms with Crippen LogP contribution in [0.1, 0.15) is 28.6 Å². The molecule has 0 atom stereocenters. The van der Waals surface area contributed by atoms with Crippen molar-refractivity contribution in [1.82, 2.24) is 4.90 Å². The van der Waals surface area contributed by atoms with Crippen LogP contribution in [0.2, 0.25) is 0 Å². The van der Waals surface area contributed by atoms with E-state index >= 15 is 0 Å². The van der Waals surface area contributed by atoms with Crippen molar-refractivity contribution in [2.45, 2.75) is 20.4 Å². The minimum atomic E-state index is -0.448. The van der Waals surface area contributed by atoms with Gasteiger partial charge in [0.2, 0.25) is 0 Å². The second-order valence-corrected chi connectivity index (χ2v) is 8.57. The van der Waals surface area contributed by atoms with Crippen LogP contribution in [0.4, 0.5) is 10.1 Å². The summed E-state index contributed by atoms with van der Waals surface area (Å²) in [6.07, 6.45) is 0. The number of hydrogen-bond donors (Lipinski definition) is 1. The zero-order chi connectivity index (χ0) is 23.8. The highest BCUT2D eigenvalue weighted by atomic mass is 19.1. The predicted octanol–water partition coefficient (Wildman–Crippen LogP) is 5.24. The normalized spacial score (nSPS) is 14.7. The standard InChI is InChI=1S/C27H27FN2O4/c1-3-33-27(32)23-17(2)34-26-21-7-5-4-6-20(21)25(31)22(24(23)26)16-29-12-14-30(15-13-29)19-10-8-18(28)9-11-19/h4-11,31H,3,12-16H2,1-2H3. The maximum atomic E-state index is 13.3. The third-order valence-corrected chi connectivity index (χ3v) is 6.52. The van der Waals surface area contributed by atoms with Gasteiger partial charge in [0.25, 0.3) is 0 Å². The van der Waals surface area contributed by atoms with Gasteiger partial charge in [-0.1, -0.05) is 24.3 Å². The van der Waals surface area contributed by atoms with Crippen LogP contribution in [0.15, 0.2) is 52.9 Å². The van der Waals surface area contributed by atoms with Crippen molar-refractivity contribution >= 4 is 33.4 Å². The lowest BCUT2D eigenvalue weighted by Gasteiger charge is -2.36. The summed E-state index contributed by atoms with van der Waals surface area (Å²) in [6, 6.07) is 14.1. The summed E-state index contributed by atoms with van der Waals surface area (Å²) in [5.41, 5.74) is 2.63. The Hall–Kier alpha value is -3.58. The molecule has 1 saturated heterocycles. The molecular weight excluding hydrogens is 435 g/mol. The van der Waals surface area contributed by atoms with E-state index in [9.17, 15) is 14.3 Å². The topological polar surface area (TPSA) is 66.2 Å². The molecule has 0 amide bonds. The van der Waals surface area contributed by atoms with Crippen LogP contribution in [0.3, 0.4) is 0 Å². The number of hydrogen-bond acceptors (Lipinski definition) is 6. The number of carbonyl (C=O) groups excluding carboxylic acids is 1. The summed E-state index contributed by atoms with van der Waals surface area (Å²) < 4.78 is 24.7. The first kappa shape index (κ1) is 22.2. The third kappa shape index (κ3) is 3.86. The van der Waals surface area contributed by atoms with Gasteiger partial charge in [0.15, 0.2) is 0 Å². The first-order chi connectivity index (χ1) is 16.5. The number of fused-ring (bicyclic) bond motifs is 3. The van der Waals surface area contributed by atoms with E-state index in [1.807, 2.05) is 24.3 Å². The Bertz CT molecular complexity index is 1360. The lowest BCUT2D eigenvalue weighted by molar-refractivity contribution is 0.0526. The first-order valence-corrected chi connectivity index (χ1v) is 11.5. The number of phenolic OH excluding ortho intramolecular Hbond substituents is 1. The van der Waals surface area contributed by atoms with Gasteiger partial charge in [-0.2, -0.15) is 0 Å². The molecule has 6 nitrogen and oxygen atoms in total. The summed E-state index contributed by atoms with van der Waals surface area (Å²) in [4.78, 5) is 17.3. The molecule has 1 aromatic heterocycles. The summed E-state index contributed by atoms with van der Waals surface area (Å²) in [5, 5.41) is 13.4. The Morgan fingerprint density at radius 2 is 1.74 bits per heavy atom. The molecule has 0 spiro atoms. The third-order valence-electron chi connectivity index (χ3n) is 6.52. The van der Waals surface area contributed by atoms with Crippen molar-refractivity contribution in [1.29, 1.82) is 0 Å². The van der Waals surface area contributed by atoms with Crippen LogP contribution in [-0.2, 0) is 11.3 Å². The molecule has 1 N–H and O–H groups in total. The van der Waals surface area contributed by atoms with Crippen LogP contribution in [0, 0.1) is 12.7 Å². The largest absolute Gasteiger partial charge is 0.507 e. The van der Waals surface area contributed by atoms with Crippen molar-refractivity contribution in [2.24, 2.45) is 0 Å². The second-order valence-electron chi connectivity index (χ2n) is 8.57. The number of furan rings is 1. The molecule has 7 heteroatoms. The quantitative estimate of drug-likeness (QED) is 0.409. The van der Waals surface area contributed by atoms with Crippen molar-refractivity contribution in [3.63, 3.8) is 0 Å². The highest BCUT2D eigenvalue weighted by Crippen LogP contribution is 2.42. The van der Waals surface area contributed by atoms with Gasteiger partial charge in [0, 0.05) is 60.1 Å². The Balaban J connectivity index is 1.51. The number of halogens is 1. The zero-order valence-electron chi connectivity index (χ0n) is 19.3. The van der Waals surface area contributed by atoms with E-state index in [1.165, 1.54) is 12.1 Å². The highest BCUT2D eigenvalue weighted by molar-refractivity contribution is 6.16. The molecule has 3 aromatic carbocycles. The Kier molecular flexibility index (Phi) is 5.87. The van der Waals surface area contributed by atoms with E-state index in [0.717, 1.165) is 37.3 Å². The number of anilines is 1. The van der Waals surface area contributed by atoms with Gasteiger partial charge in [-0.3, -0.25) is 4.90 Å². The number of aromatic hydroxyl groups is 1. The van der Waals surface area contributed by atoms with Gasteiger partial charge >= 0.3 is 5.97 Å². The number of ether oxygens (including phenoxy) is 1. The van der Waals surface area contributed by atoms with Gasteiger partial charge in [-0.25, -0.2) is 9.18 Å². The molecule has 0 unspecified atom stereocenters. The van der Waals surface area contributed by atoms with E-state index in [2.05, 4.69) is 9.80 Å². The van der Waals surface area contributed by atoms with Gasteiger partial charge in [0.1, 0.15) is 28.5 Å². The lowest BCUT2D eigenvalue weighted by Crippen LogP contribution is -2.46. The average Bonchev–Trinajstić information content (AvgIpc) is 3.20. The minimum absolute atomic E-state index is 0.162. The average molecular weight is 463 g/mol. The lowest BCUT2D eigenvalue weighted by atomic mass is 9.97. The number of rotatable bonds is 5. The van der Waals surface area contributed by atoms with Crippen molar-refractivity contribution in [3.8, 4) is 5.75 Å². The molecule has 1 aliphatic heterocycles. The van der Waals surface area contributed by atoms with Crippen LogP contribution in [0.5, 0.6) is 5.75 Å². The smallest absolute Gasteiger partial charge is 0.342 e. The zero-order valence-corrected chi connectivity index (χ0v) is 19.3. The number of aryl methyl sites for hydroxylation is 1.